The van der Waals surface area contributed by atoms with Gasteiger partial charge in [0.15, 0.2) is 0 Å². The maximum Gasteiger partial charge on any atom is 0.254 e. The van der Waals surface area contributed by atoms with Crippen molar-refractivity contribution in [2.45, 2.75) is 26.8 Å². The van der Waals surface area contributed by atoms with E-state index in [1.807, 2.05) is 44.2 Å². The molecule has 0 saturated heterocycles. The number of primary amides is 1. The minimum absolute atomic E-state index is 0.206. The number of hydrogen-bond acceptors (Lipinski definition) is 3. The second kappa shape index (κ2) is 7.05. The molecule has 0 spiro atoms. The zero-order valence-corrected chi connectivity index (χ0v) is 13.6. The molecule has 0 fully saturated rings. The highest BCUT2D eigenvalue weighted by molar-refractivity contribution is 5.97. The molecular weight excluding hydrogens is 290 g/mol. The highest BCUT2D eigenvalue weighted by Gasteiger charge is 2.23. The van der Waals surface area contributed by atoms with Crippen molar-refractivity contribution in [3.63, 3.8) is 0 Å². The number of carbonyl (C=O) groups excluding carboxylic acids is 2. The van der Waals surface area contributed by atoms with E-state index in [9.17, 15) is 9.59 Å². The fourth-order valence-corrected chi connectivity index (χ4v) is 2.40. The Labute approximate surface area is 136 Å². The summed E-state index contributed by atoms with van der Waals surface area (Å²) in [6.45, 7) is 5.81. The summed E-state index contributed by atoms with van der Waals surface area (Å²) in [4.78, 5) is 29.8. The summed E-state index contributed by atoms with van der Waals surface area (Å²) in [6.07, 6.45) is 0. The monoisotopic (exact) mass is 311 g/mol. The molecule has 0 aliphatic carbocycles. The van der Waals surface area contributed by atoms with Crippen molar-refractivity contribution < 1.29 is 9.59 Å². The molecule has 2 rings (SSSR count). The quantitative estimate of drug-likeness (QED) is 0.921. The smallest absolute Gasteiger partial charge is 0.254 e. The van der Waals surface area contributed by atoms with E-state index in [1.54, 1.807) is 19.1 Å². The van der Waals surface area contributed by atoms with Crippen LogP contribution in [0.2, 0.25) is 0 Å². The number of nitrogens with two attached hydrogens (primary N) is 1. The van der Waals surface area contributed by atoms with Gasteiger partial charge in [0, 0.05) is 23.4 Å². The normalized spacial score (nSPS) is 11.8. The van der Waals surface area contributed by atoms with Crippen LogP contribution in [0.1, 0.15) is 29.9 Å². The second-order valence-corrected chi connectivity index (χ2v) is 5.41. The van der Waals surface area contributed by atoms with Gasteiger partial charge >= 0.3 is 0 Å². The number of amides is 2. The first kappa shape index (κ1) is 16.7. The molecule has 2 N–H and O–H groups in total. The topological polar surface area (TPSA) is 76.3 Å². The van der Waals surface area contributed by atoms with Crippen molar-refractivity contribution in [3.8, 4) is 11.3 Å². The summed E-state index contributed by atoms with van der Waals surface area (Å²) in [6, 6.07) is 12.4. The molecule has 1 aromatic heterocycles. The largest absolute Gasteiger partial charge is 0.368 e. The third-order valence-corrected chi connectivity index (χ3v) is 3.80. The number of benzene rings is 1. The Bertz CT molecular complexity index is 710. The van der Waals surface area contributed by atoms with E-state index in [0.29, 0.717) is 12.1 Å². The summed E-state index contributed by atoms with van der Waals surface area (Å²) in [7, 11) is 0. The van der Waals surface area contributed by atoms with Gasteiger partial charge in [0.2, 0.25) is 5.91 Å². The molecule has 2 aromatic rings. The van der Waals surface area contributed by atoms with Gasteiger partial charge in [0.05, 0.1) is 5.69 Å². The van der Waals surface area contributed by atoms with E-state index in [1.165, 1.54) is 4.90 Å². The number of carbonyl (C=O) groups is 2. The van der Waals surface area contributed by atoms with Crippen LogP contribution in [0.5, 0.6) is 0 Å². The number of nitrogens with zero attached hydrogens (tertiary/aromatic N) is 2. The Morgan fingerprint density at radius 3 is 2.35 bits per heavy atom. The fourth-order valence-electron chi connectivity index (χ4n) is 2.40. The first-order valence-corrected chi connectivity index (χ1v) is 7.58. The van der Waals surface area contributed by atoms with Crippen LogP contribution in [-0.4, -0.2) is 34.3 Å². The SMILES string of the molecule is CCN(C(=O)c1ccc(-c2cccc(C)n2)cc1)[C@@H](C)C(N)=O. The lowest BCUT2D eigenvalue weighted by Crippen LogP contribution is -2.46. The van der Waals surface area contributed by atoms with Crippen molar-refractivity contribution in [2.24, 2.45) is 5.73 Å². The molecule has 0 unspecified atom stereocenters. The fraction of sp³-hybridized carbons (Fsp3) is 0.278. The van der Waals surface area contributed by atoms with Crippen molar-refractivity contribution in [1.29, 1.82) is 0 Å². The van der Waals surface area contributed by atoms with E-state index in [4.69, 9.17) is 5.73 Å². The first-order valence-electron chi connectivity index (χ1n) is 7.58. The maximum absolute atomic E-state index is 12.5. The van der Waals surface area contributed by atoms with E-state index in [-0.39, 0.29) is 5.91 Å². The molecule has 1 heterocycles. The second-order valence-electron chi connectivity index (χ2n) is 5.41. The molecule has 0 radical (unpaired) electrons. The average molecular weight is 311 g/mol. The average Bonchev–Trinajstić information content (AvgIpc) is 2.55. The predicted octanol–water partition coefficient (Wildman–Crippen LogP) is 2.39. The van der Waals surface area contributed by atoms with Crippen molar-refractivity contribution in [3.05, 3.63) is 53.7 Å². The van der Waals surface area contributed by atoms with E-state index < -0.39 is 11.9 Å². The van der Waals surface area contributed by atoms with Gasteiger partial charge in [0.25, 0.3) is 5.91 Å². The standard InChI is InChI=1S/C18H21N3O2/c1-4-21(13(3)17(19)22)18(23)15-10-8-14(9-11-15)16-7-5-6-12(2)20-16/h5-11,13H,4H2,1-3H3,(H2,19,22)/t13-/m0/s1. The highest BCUT2D eigenvalue weighted by atomic mass is 16.2. The summed E-state index contributed by atoms with van der Waals surface area (Å²) in [5, 5.41) is 0. The van der Waals surface area contributed by atoms with Crippen molar-refractivity contribution in [1.82, 2.24) is 9.88 Å². The number of rotatable bonds is 5. The predicted molar refractivity (Wildman–Crippen MR) is 89.8 cm³/mol. The van der Waals surface area contributed by atoms with Crippen LogP contribution in [0.25, 0.3) is 11.3 Å². The molecule has 0 bridgehead atoms. The van der Waals surface area contributed by atoms with Crippen LogP contribution in [0.3, 0.4) is 0 Å². The lowest BCUT2D eigenvalue weighted by Gasteiger charge is -2.25. The van der Waals surface area contributed by atoms with Crippen molar-refractivity contribution >= 4 is 11.8 Å². The van der Waals surface area contributed by atoms with Gasteiger partial charge in [0.1, 0.15) is 6.04 Å². The number of aromatic nitrogens is 1. The third kappa shape index (κ3) is 3.74. The first-order chi connectivity index (χ1) is 10.9. The van der Waals surface area contributed by atoms with E-state index >= 15 is 0 Å². The zero-order chi connectivity index (χ0) is 17.0. The van der Waals surface area contributed by atoms with Gasteiger partial charge in [-0.1, -0.05) is 18.2 Å². The zero-order valence-electron chi connectivity index (χ0n) is 13.6. The van der Waals surface area contributed by atoms with Gasteiger partial charge in [-0.15, -0.1) is 0 Å². The van der Waals surface area contributed by atoms with Crippen molar-refractivity contribution in [2.75, 3.05) is 6.54 Å². The molecular formula is C18H21N3O2. The van der Waals surface area contributed by atoms with Crippen LogP contribution >= 0.6 is 0 Å². The van der Waals surface area contributed by atoms with Crippen LogP contribution in [0.15, 0.2) is 42.5 Å². The molecule has 23 heavy (non-hydrogen) atoms. The Balaban J connectivity index is 2.25. The molecule has 1 aromatic carbocycles. The number of likely N-dealkylation sites (N-methyl/N-ethyl adjacent to an activating group) is 1. The molecule has 0 aliphatic rings. The van der Waals surface area contributed by atoms with Gasteiger partial charge < -0.3 is 10.6 Å². The van der Waals surface area contributed by atoms with Gasteiger partial charge in [-0.25, -0.2) is 0 Å². The number of pyridine rings is 1. The lowest BCUT2D eigenvalue weighted by molar-refractivity contribution is -0.121. The summed E-state index contributed by atoms with van der Waals surface area (Å²) in [5.74, 6) is -0.719. The summed E-state index contributed by atoms with van der Waals surface area (Å²) in [5.41, 5.74) is 8.57. The Morgan fingerprint density at radius 2 is 1.83 bits per heavy atom. The molecule has 1 atom stereocenters. The Hall–Kier alpha value is -2.69. The minimum atomic E-state index is -0.634. The van der Waals surface area contributed by atoms with Gasteiger partial charge in [-0.2, -0.15) is 0 Å². The molecule has 0 aliphatic heterocycles. The van der Waals surface area contributed by atoms with Crippen LogP contribution in [0.4, 0.5) is 0 Å². The van der Waals surface area contributed by atoms with Gasteiger partial charge in [-0.3, -0.25) is 14.6 Å². The Kier molecular flexibility index (Phi) is 5.11. The van der Waals surface area contributed by atoms with Crippen LogP contribution in [0, 0.1) is 6.92 Å². The highest BCUT2D eigenvalue weighted by Crippen LogP contribution is 2.19. The molecule has 0 saturated carbocycles. The molecule has 120 valence electrons. The van der Waals surface area contributed by atoms with E-state index in [2.05, 4.69) is 4.98 Å². The summed E-state index contributed by atoms with van der Waals surface area (Å²) < 4.78 is 0. The van der Waals surface area contributed by atoms with Crippen LogP contribution in [-0.2, 0) is 4.79 Å². The molecule has 5 heteroatoms. The summed E-state index contributed by atoms with van der Waals surface area (Å²) >= 11 is 0. The molecule has 2 amide bonds. The third-order valence-electron chi connectivity index (χ3n) is 3.80. The minimum Gasteiger partial charge on any atom is -0.368 e. The van der Waals surface area contributed by atoms with Gasteiger partial charge in [-0.05, 0) is 45.0 Å². The number of aryl methyl sites for hydroxylation is 1. The maximum atomic E-state index is 12.5. The van der Waals surface area contributed by atoms with E-state index in [0.717, 1.165) is 17.0 Å². The number of hydrogen-bond donors (Lipinski definition) is 1. The van der Waals surface area contributed by atoms with Crippen LogP contribution < -0.4 is 5.73 Å². The molecule has 5 nitrogen and oxygen atoms in total. The lowest BCUT2D eigenvalue weighted by atomic mass is 10.1. The Morgan fingerprint density at radius 1 is 1.17 bits per heavy atom.